The van der Waals surface area contributed by atoms with E-state index in [4.69, 9.17) is 9.47 Å². The molecular weight excluding hydrogens is 419 g/mol. The summed E-state index contributed by atoms with van der Waals surface area (Å²) in [7, 11) is 0. The third-order valence-electron chi connectivity index (χ3n) is 4.34. The largest absolute Gasteiger partial charge is 0.462 e. The Kier molecular flexibility index (Phi) is 5.87. The van der Waals surface area contributed by atoms with Gasteiger partial charge >= 0.3 is 18.3 Å². The van der Waals surface area contributed by atoms with Crippen molar-refractivity contribution >= 4 is 5.70 Å². The lowest BCUT2D eigenvalue weighted by Gasteiger charge is -2.26. The van der Waals surface area contributed by atoms with E-state index in [-0.39, 0.29) is 24.2 Å². The highest BCUT2D eigenvalue weighted by molar-refractivity contribution is 5.65. The van der Waals surface area contributed by atoms with Gasteiger partial charge in [-0.3, -0.25) is 0 Å². The van der Waals surface area contributed by atoms with Gasteiger partial charge in [-0.1, -0.05) is 0 Å². The van der Waals surface area contributed by atoms with E-state index in [2.05, 4.69) is 5.32 Å². The molecule has 0 radical (unpaired) electrons. The summed E-state index contributed by atoms with van der Waals surface area (Å²) in [4.78, 5) is 0. The van der Waals surface area contributed by atoms with Gasteiger partial charge in [-0.15, -0.1) is 0 Å². The number of halogens is 7. The molecule has 162 valence electrons. The van der Waals surface area contributed by atoms with Gasteiger partial charge < -0.3 is 14.8 Å². The summed E-state index contributed by atoms with van der Waals surface area (Å²) in [5.74, 6) is -0.582. The lowest BCUT2D eigenvalue weighted by molar-refractivity contribution is -0.143. The van der Waals surface area contributed by atoms with Crippen LogP contribution in [0.4, 0.5) is 30.7 Å². The van der Waals surface area contributed by atoms with Gasteiger partial charge in [0.2, 0.25) is 0 Å². The zero-order valence-corrected chi connectivity index (χ0v) is 15.5. The molecule has 1 heterocycles. The highest BCUT2D eigenvalue weighted by Gasteiger charge is 2.37. The molecule has 0 saturated heterocycles. The van der Waals surface area contributed by atoms with Gasteiger partial charge in [-0.05, 0) is 55.0 Å². The van der Waals surface area contributed by atoms with Gasteiger partial charge in [0.1, 0.15) is 24.2 Å². The summed E-state index contributed by atoms with van der Waals surface area (Å²) < 4.78 is 103. The third kappa shape index (κ3) is 4.98. The minimum absolute atomic E-state index is 0.0537. The first kappa shape index (κ1) is 21.8. The van der Waals surface area contributed by atoms with Gasteiger partial charge in [0.05, 0.1) is 11.1 Å². The van der Waals surface area contributed by atoms with Crippen molar-refractivity contribution in [3.05, 3.63) is 76.5 Å². The molecule has 0 fully saturated rings. The van der Waals surface area contributed by atoms with Crippen molar-refractivity contribution in [3.8, 4) is 0 Å². The Labute approximate surface area is 167 Å². The summed E-state index contributed by atoms with van der Waals surface area (Å²) in [6.07, 6.45) is -11.1. The van der Waals surface area contributed by atoms with Gasteiger partial charge in [-0.25, -0.2) is 4.39 Å². The molecule has 1 N–H and O–H groups in total. The van der Waals surface area contributed by atoms with Crippen LogP contribution in [-0.4, -0.2) is 13.2 Å². The summed E-state index contributed by atoms with van der Waals surface area (Å²) >= 11 is 0. The molecule has 1 unspecified atom stereocenters. The van der Waals surface area contributed by atoms with E-state index in [0.29, 0.717) is 29.9 Å². The van der Waals surface area contributed by atoms with Gasteiger partial charge in [0.25, 0.3) is 0 Å². The number of ether oxygens (including phenoxy) is 2. The predicted molar refractivity (Wildman–Crippen MR) is 93.2 cm³/mol. The summed E-state index contributed by atoms with van der Waals surface area (Å²) in [5, 5.41) is 2.98. The highest BCUT2D eigenvalue weighted by Crippen LogP contribution is 2.38. The SMILES string of the molecule is CC(OC1=C(c2ccc(F)cc2)NCCO1)c1cc(C(F)(F)F)cc(C(F)(F)F)c1. The molecule has 0 aliphatic carbocycles. The van der Waals surface area contributed by atoms with Crippen LogP contribution < -0.4 is 5.32 Å². The minimum Gasteiger partial charge on any atom is -0.462 e. The maximum Gasteiger partial charge on any atom is 0.416 e. The highest BCUT2D eigenvalue weighted by atomic mass is 19.4. The molecule has 0 aromatic heterocycles. The first-order valence-corrected chi connectivity index (χ1v) is 8.78. The van der Waals surface area contributed by atoms with E-state index in [1.165, 1.54) is 31.2 Å². The number of hydrogen-bond donors (Lipinski definition) is 1. The molecule has 0 amide bonds. The quantitative estimate of drug-likeness (QED) is 0.608. The number of rotatable bonds is 4. The van der Waals surface area contributed by atoms with Crippen LogP contribution in [0, 0.1) is 5.82 Å². The van der Waals surface area contributed by atoms with Crippen LogP contribution in [0.15, 0.2) is 48.4 Å². The zero-order chi connectivity index (χ0) is 22.1. The third-order valence-corrected chi connectivity index (χ3v) is 4.34. The minimum atomic E-state index is -4.96. The number of nitrogens with one attached hydrogen (secondary N) is 1. The van der Waals surface area contributed by atoms with Crippen LogP contribution in [-0.2, 0) is 21.8 Å². The Hall–Kier alpha value is -2.91. The first-order chi connectivity index (χ1) is 13.9. The molecule has 2 aromatic carbocycles. The van der Waals surface area contributed by atoms with E-state index < -0.39 is 35.4 Å². The van der Waals surface area contributed by atoms with Gasteiger partial charge in [0.15, 0.2) is 0 Å². The fourth-order valence-corrected chi connectivity index (χ4v) is 2.84. The molecule has 30 heavy (non-hydrogen) atoms. The van der Waals surface area contributed by atoms with Crippen LogP contribution in [0.25, 0.3) is 5.70 Å². The van der Waals surface area contributed by atoms with Gasteiger partial charge in [0, 0.05) is 12.1 Å². The molecular formula is C20H16F7NO2. The first-order valence-electron chi connectivity index (χ1n) is 8.78. The van der Waals surface area contributed by atoms with Crippen molar-refractivity contribution in [2.75, 3.05) is 13.2 Å². The monoisotopic (exact) mass is 435 g/mol. The Bertz CT molecular complexity index is 901. The molecule has 0 bridgehead atoms. The van der Waals surface area contributed by atoms with E-state index in [1.54, 1.807) is 0 Å². The average molecular weight is 435 g/mol. The van der Waals surface area contributed by atoms with Crippen LogP contribution in [0.1, 0.15) is 35.3 Å². The summed E-state index contributed by atoms with van der Waals surface area (Å²) in [5.41, 5.74) is -2.39. The fraction of sp³-hybridized carbons (Fsp3) is 0.300. The van der Waals surface area contributed by atoms with E-state index >= 15 is 0 Å². The lowest BCUT2D eigenvalue weighted by Crippen LogP contribution is -2.27. The smallest absolute Gasteiger partial charge is 0.416 e. The normalized spacial score (nSPS) is 16.0. The molecule has 1 atom stereocenters. The number of alkyl halides is 6. The second-order valence-corrected chi connectivity index (χ2v) is 6.54. The second-order valence-electron chi connectivity index (χ2n) is 6.54. The Morgan fingerprint density at radius 3 is 2.03 bits per heavy atom. The predicted octanol–water partition coefficient (Wildman–Crippen LogP) is 5.89. The maximum absolute atomic E-state index is 13.2. The summed E-state index contributed by atoms with van der Waals surface area (Å²) in [6, 6.07) is 6.53. The molecule has 10 heteroatoms. The lowest BCUT2D eigenvalue weighted by atomic mass is 10.0. The molecule has 2 aromatic rings. The van der Waals surface area contributed by atoms with Crippen molar-refractivity contribution in [1.29, 1.82) is 0 Å². The fourth-order valence-electron chi connectivity index (χ4n) is 2.84. The molecule has 1 aliphatic rings. The van der Waals surface area contributed by atoms with Crippen molar-refractivity contribution in [2.45, 2.75) is 25.4 Å². The van der Waals surface area contributed by atoms with Crippen LogP contribution in [0.3, 0.4) is 0 Å². The molecule has 3 nitrogen and oxygen atoms in total. The molecule has 3 rings (SSSR count). The van der Waals surface area contributed by atoms with Crippen molar-refractivity contribution in [3.63, 3.8) is 0 Å². The van der Waals surface area contributed by atoms with E-state index in [1.807, 2.05) is 0 Å². The number of hydrogen-bond acceptors (Lipinski definition) is 3. The Balaban J connectivity index is 1.97. The van der Waals surface area contributed by atoms with Crippen molar-refractivity contribution in [2.24, 2.45) is 0 Å². The van der Waals surface area contributed by atoms with E-state index in [0.717, 1.165) is 0 Å². The molecule has 0 spiro atoms. The van der Waals surface area contributed by atoms with Crippen LogP contribution in [0.2, 0.25) is 0 Å². The Morgan fingerprint density at radius 2 is 1.50 bits per heavy atom. The molecule has 1 aliphatic heterocycles. The topological polar surface area (TPSA) is 30.5 Å². The van der Waals surface area contributed by atoms with Crippen LogP contribution in [0.5, 0.6) is 0 Å². The average Bonchev–Trinajstić information content (AvgIpc) is 2.67. The molecule has 0 saturated carbocycles. The maximum atomic E-state index is 13.2. The van der Waals surface area contributed by atoms with Crippen molar-refractivity contribution < 1.29 is 40.2 Å². The number of benzene rings is 2. The Morgan fingerprint density at radius 1 is 0.933 bits per heavy atom. The van der Waals surface area contributed by atoms with Crippen molar-refractivity contribution in [1.82, 2.24) is 5.32 Å². The standard InChI is InChI=1S/C20H16F7NO2/c1-11(13-8-14(19(22,23)24)10-15(9-13)20(25,26)27)30-18-17(28-6-7-29-18)12-2-4-16(21)5-3-12/h2-5,8-11,28H,6-7H2,1H3. The summed E-state index contributed by atoms with van der Waals surface area (Å²) in [6.45, 7) is 1.86. The van der Waals surface area contributed by atoms with Crippen LogP contribution >= 0.6 is 0 Å². The van der Waals surface area contributed by atoms with Gasteiger partial charge in [-0.2, -0.15) is 26.3 Å². The van der Waals surface area contributed by atoms with E-state index in [9.17, 15) is 30.7 Å². The second kappa shape index (κ2) is 8.08. The zero-order valence-electron chi connectivity index (χ0n) is 15.5.